The molecule has 1 aliphatic rings. The van der Waals surface area contributed by atoms with Gasteiger partial charge in [-0.25, -0.2) is 4.98 Å². The molecule has 0 unspecified atom stereocenters. The number of nitrogens with one attached hydrogen (secondary N) is 1. The van der Waals surface area contributed by atoms with Crippen molar-refractivity contribution >= 4 is 33.8 Å². The van der Waals surface area contributed by atoms with Crippen molar-refractivity contribution < 1.29 is 19.0 Å². The van der Waals surface area contributed by atoms with Crippen molar-refractivity contribution in [2.75, 3.05) is 31.4 Å². The first-order chi connectivity index (χ1) is 13.1. The quantitative estimate of drug-likeness (QED) is 0.651. The highest BCUT2D eigenvalue weighted by Crippen LogP contribution is 2.35. The van der Waals surface area contributed by atoms with Crippen molar-refractivity contribution in [3.63, 3.8) is 0 Å². The lowest BCUT2D eigenvalue weighted by Gasteiger charge is -2.18. The first-order valence-corrected chi connectivity index (χ1v) is 9.07. The van der Waals surface area contributed by atoms with E-state index in [1.54, 1.807) is 31.4 Å². The van der Waals surface area contributed by atoms with Crippen molar-refractivity contribution in [3.8, 4) is 17.2 Å². The Kier molecular flexibility index (Phi) is 4.55. The standard InChI is InChI=1S/C19H17N3O4S/c1-24-13-4-2-3-11(9-13)16(23)17-18(20)22-19(27-17)21-12-5-6-14-15(10-12)26-8-7-25-14/h2-6,9-10H,7-8,20H2,1H3,(H,21,22). The summed E-state index contributed by atoms with van der Waals surface area (Å²) < 4.78 is 16.3. The minimum atomic E-state index is -0.195. The number of methoxy groups -OCH3 is 1. The van der Waals surface area contributed by atoms with Gasteiger partial charge in [0.1, 0.15) is 29.7 Å². The fourth-order valence-electron chi connectivity index (χ4n) is 2.69. The zero-order chi connectivity index (χ0) is 18.8. The molecule has 4 rings (SSSR count). The molecule has 0 aliphatic carbocycles. The molecule has 2 aromatic carbocycles. The summed E-state index contributed by atoms with van der Waals surface area (Å²) in [6, 6.07) is 12.5. The van der Waals surface area contributed by atoms with E-state index in [1.165, 1.54) is 11.3 Å². The van der Waals surface area contributed by atoms with Gasteiger partial charge in [-0.15, -0.1) is 0 Å². The topological polar surface area (TPSA) is 95.7 Å². The number of fused-ring (bicyclic) bond motifs is 1. The maximum absolute atomic E-state index is 12.8. The summed E-state index contributed by atoms with van der Waals surface area (Å²) in [4.78, 5) is 17.4. The van der Waals surface area contributed by atoms with E-state index < -0.39 is 0 Å². The van der Waals surface area contributed by atoms with Gasteiger partial charge >= 0.3 is 0 Å². The van der Waals surface area contributed by atoms with Crippen LogP contribution in [0.4, 0.5) is 16.6 Å². The molecule has 138 valence electrons. The number of benzene rings is 2. The van der Waals surface area contributed by atoms with Crippen LogP contribution in [-0.4, -0.2) is 31.1 Å². The number of thiazole rings is 1. The van der Waals surface area contributed by atoms with Crippen LogP contribution < -0.4 is 25.3 Å². The normalized spacial score (nSPS) is 12.5. The number of anilines is 3. The predicted octanol–water partition coefficient (Wildman–Crippen LogP) is 3.48. The number of aromatic nitrogens is 1. The van der Waals surface area contributed by atoms with Gasteiger partial charge in [0.25, 0.3) is 0 Å². The Morgan fingerprint density at radius 1 is 1.19 bits per heavy atom. The first kappa shape index (κ1) is 17.2. The smallest absolute Gasteiger partial charge is 0.206 e. The van der Waals surface area contributed by atoms with Gasteiger partial charge < -0.3 is 25.3 Å². The van der Waals surface area contributed by atoms with E-state index in [9.17, 15) is 4.79 Å². The van der Waals surface area contributed by atoms with Crippen LogP contribution >= 0.6 is 11.3 Å². The molecule has 1 aromatic heterocycles. The zero-order valence-corrected chi connectivity index (χ0v) is 15.3. The van der Waals surface area contributed by atoms with Crippen LogP contribution in [-0.2, 0) is 0 Å². The maximum atomic E-state index is 12.8. The Labute approximate surface area is 159 Å². The number of hydrogen-bond acceptors (Lipinski definition) is 8. The molecule has 3 N–H and O–H groups in total. The number of rotatable bonds is 5. The van der Waals surface area contributed by atoms with Gasteiger partial charge in [-0.1, -0.05) is 23.5 Å². The summed E-state index contributed by atoms with van der Waals surface area (Å²) in [6.07, 6.45) is 0. The Balaban J connectivity index is 1.57. The van der Waals surface area contributed by atoms with Crippen molar-refractivity contribution in [1.29, 1.82) is 0 Å². The summed E-state index contributed by atoms with van der Waals surface area (Å²) in [5.41, 5.74) is 7.24. The zero-order valence-electron chi connectivity index (χ0n) is 14.5. The molecule has 0 saturated carbocycles. The summed E-state index contributed by atoms with van der Waals surface area (Å²) in [6.45, 7) is 1.05. The number of ketones is 1. The molecule has 2 heterocycles. The molecule has 27 heavy (non-hydrogen) atoms. The van der Waals surface area contributed by atoms with Crippen LogP contribution in [0.25, 0.3) is 0 Å². The van der Waals surface area contributed by atoms with Crippen molar-refractivity contribution in [1.82, 2.24) is 4.98 Å². The number of nitrogens with two attached hydrogens (primary N) is 1. The van der Waals surface area contributed by atoms with E-state index in [0.29, 0.717) is 46.0 Å². The minimum Gasteiger partial charge on any atom is -0.497 e. The van der Waals surface area contributed by atoms with E-state index in [0.717, 1.165) is 5.69 Å². The summed E-state index contributed by atoms with van der Waals surface area (Å²) in [7, 11) is 1.56. The number of carbonyl (C=O) groups is 1. The monoisotopic (exact) mass is 383 g/mol. The Hall–Kier alpha value is -3.26. The van der Waals surface area contributed by atoms with Crippen LogP contribution in [0.2, 0.25) is 0 Å². The average molecular weight is 383 g/mol. The van der Waals surface area contributed by atoms with Gasteiger partial charge in [0.05, 0.1) is 7.11 Å². The maximum Gasteiger partial charge on any atom is 0.206 e. The number of carbonyl (C=O) groups excluding carboxylic acids is 1. The number of nitrogens with zero attached hydrogens (tertiary/aromatic N) is 1. The van der Waals surface area contributed by atoms with Crippen molar-refractivity contribution in [2.45, 2.75) is 0 Å². The van der Waals surface area contributed by atoms with E-state index in [1.807, 2.05) is 18.2 Å². The Morgan fingerprint density at radius 3 is 2.81 bits per heavy atom. The highest BCUT2D eigenvalue weighted by atomic mass is 32.1. The summed E-state index contributed by atoms with van der Waals surface area (Å²) in [5.74, 6) is 1.98. The van der Waals surface area contributed by atoms with Crippen LogP contribution in [0.15, 0.2) is 42.5 Å². The molecule has 8 heteroatoms. The molecule has 0 radical (unpaired) electrons. The molecule has 0 bridgehead atoms. The average Bonchev–Trinajstić information content (AvgIpc) is 3.07. The number of hydrogen-bond donors (Lipinski definition) is 2. The Morgan fingerprint density at radius 2 is 2.00 bits per heavy atom. The van der Waals surface area contributed by atoms with E-state index >= 15 is 0 Å². The number of ether oxygens (including phenoxy) is 3. The van der Waals surface area contributed by atoms with Crippen molar-refractivity contribution in [2.24, 2.45) is 0 Å². The van der Waals surface area contributed by atoms with Gasteiger partial charge in [0.15, 0.2) is 16.6 Å². The molecule has 0 spiro atoms. The predicted molar refractivity (Wildman–Crippen MR) is 104 cm³/mol. The van der Waals surface area contributed by atoms with Gasteiger partial charge in [-0.05, 0) is 24.3 Å². The lowest BCUT2D eigenvalue weighted by atomic mass is 10.1. The van der Waals surface area contributed by atoms with E-state index in [2.05, 4.69) is 10.3 Å². The fraction of sp³-hybridized carbons (Fsp3) is 0.158. The second-order valence-corrected chi connectivity index (χ2v) is 6.78. The third-order valence-electron chi connectivity index (χ3n) is 3.98. The van der Waals surface area contributed by atoms with Gasteiger partial charge in [0, 0.05) is 17.3 Å². The molecule has 3 aromatic rings. The first-order valence-electron chi connectivity index (χ1n) is 8.26. The van der Waals surface area contributed by atoms with Gasteiger partial charge in [-0.2, -0.15) is 0 Å². The second kappa shape index (κ2) is 7.16. The second-order valence-electron chi connectivity index (χ2n) is 5.78. The van der Waals surface area contributed by atoms with Crippen LogP contribution in [0.1, 0.15) is 15.2 Å². The van der Waals surface area contributed by atoms with E-state index in [-0.39, 0.29) is 11.6 Å². The molecule has 1 aliphatic heterocycles. The van der Waals surface area contributed by atoms with Crippen LogP contribution in [0, 0.1) is 0 Å². The van der Waals surface area contributed by atoms with Crippen LogP contribution in [0.5, 0.6) is 17.2 Å². The molecule has 7 nitrogen and oxygen atoms in total. The van der Waals surface area contributed by atoms with Crippen molar-refractivity contribution in [3.05, 3.63) is 52.9 Å². The van der Waals surface area contributed by atoms with E-state index in [4.69, 9.17) is 19.9 Å². The highest BCUT2D eigenvalue weighted by molar-refractivity contribution is 7.18. The lowest BCUT2D eigenvalue weighted by Crippen LogP contribution is -2.15. The van der Waals surface area contributed by atoms with Crippen LogP contribution in [0.3, 0.4) is 0 Å². The molecular weight excluding hydrogens is 366 g/mol. The molecule has 0 atom stereocenters. The molecule has 0 amide bonds. The van der Waals surface area contributed by atoms with Gasteiger partial charge in [-0.3, -0.25) is 4.79 Å². The summed E-state index contributed by atoms with van der Waals surface area (Å²) >= 11 is 1.20. The highest BCUT2D eigenvalue weighted by Gasteiger charge is 2.19. The Bertz CT molecular complexity index is 1000. The fourth-order valence-corrected chi connectivity index (χ4v) is 3.56. The lowest BCUT2D eigenvalue weighted by molar-refractivity contribution is 0.104. The SMILES string of the molecule is COc1cccc(C(=O)c2sc(Nc3ccc4c(c3)OCCO4)nc2N)c1. The third kappa shape index (κ3) is 3.52. The number of nitrogen functional groups attached to an aromatic ring is 1. The minimum absolute atomic E-state index is 0.188. The largest absolute Gasteiger partial charge is 0.497 e. The molecular formula is C19H17N3O4S. The third-order valence-corrected chi connectivity index (χ3v) is 4.97. The molecule has 0 saturated heterocycles. The van der Waals surface area contributed by atoms with Gasteiger partial charge in [0.2, 0.25) is 5.78 Å². The summed E-state index contributed by atoms with van der Waals surface area (Å²) in [5, 5.41) is 3.68. The molecule has 0 fully saturated rings.